The third-order valence-corrected chi connectivity index (χ3v) is 3.60. The Balaban J connectivity index is 1.61. The number of benzene rings is 3. The average Bonchev–Trinajstić information content (AvgIpc) is 2.68. The highest BCUT2D eigenvalue weighted by atomic mass is 16.5. The number of hydrogen-bond acceptors (Lipinski definition) is 4. The van der Waals surface area contributed by atoms with E-state index >= 15 is 0 Å². The standard InChI is InChI=1S/C21H19NO4/c23-17-11-12-20(26-14-13-25-18-9-5-2-6-10-18)19(15-17)22-21(24)16-7-3-1-4-8-16/h1-12,15,23H,13-14H2,(H,22,24). The van der Waals surface area contributed by atoms with Crippen LogP contribution in [0.5, 0.6) is 17.2 Å². The summed E-state index contributed by atoms with van der Waals surface area (Å²) in [5, 5.41) is 12.5. The van der Waals surface area contributed by atoms with Gasteiger partial charge in [-0.25, -0.2) is 0 Å². The molecule has 1 amide bonds. The van der Waals surface area contributed by atoms with Crippen molar-refractivity contribution in [3.05, 3.63) is 84.4 Å². The van der Waals surface area contributed by atoms with Gasteiger partial charge in [0.15, 0.2) is 0 Å². The predicted molar refractivity (Wildman–Crippen MR) is 99.9 cm³/mol. The largest absolute Gasteiger partial charge is 0.508 e. The topological polar surface area (TPSA) is 67.8 Å². The molecule has 0 saturated heterocycles. The fourth-order valence-corrected chi connectivity index (χ4v) is 2.35. The normalized spacial score (nSPS) is 10.2. The summed E-state index contributed by atoms with van der Waals surface area (Å²) in [5.41, 5.74) is 0.924. The van der Waals surface area contributed by atoms with Crippen LogP contribution in [0.4, 0.5) is 5.69 Å². The second-order valence-corrected chi connectivity index (χ2v) is 5.51. The van der Waals surface area contributed by atoms with Gasteiger partial charge in [-0.2, -0.15) is 0 Å². The number of rotatable bonds is 7. The van der Waals surface area contributed by atoms with Crippen molar-refractivity contribution in [2.75, 3.05) is 18.5 Å². The fraction of sp³-hybridized carbons (Fsp3) is 0.0952. The van der Waals surface area contributed by atoms with Crippen LogP contribution in [0.25, 0.3) is 0 Å². The third kappa shape index (κ3) is 4.77. The van der Waals surface area contributed by atoms with Crippen LogP contribution < -0.4 is 14.8 Å². The smallest absolute Gasteiger partial charge is 0.255 e. The summed E-state index contributed by atoms with van der Waals surface area (Å²) < 4.78 is 11.3. The molecule has 3 rings (SSSR count). The molecule has 0 aliphatic rings. The average molecular weight is 349 g/mol. The Morgan fingerprint density at radius 3 is 2.23 bits per heavy atom. The summed E-state index contributed by atoms with van der Waals surface area (Å²) in [6, 6.07) is 22.9. The maximum atomic E-state index is 12.3. The Morgan fingerprint density at radius 2 is 1.50 bits per heavy atom. The molecule has 26 heavy (non-hydrogen) atoms. The van der Waals surface area contributed by atoms with E-state index < -0.39 is 0 Å². The van der Waals surface area contributed by atoms with Crippen LogP contribution >= 0.6 is 0 Å². The number of anilines is 1. The zero-order valence-corrected chi connectivity index (χ0v) is 14.1. The minimum absolute atomic E-state index is 0.0428. The lowest BCUT2D eigenvalue weighted by atomic mass is 10.2. The van der Waals surface area contributed by atoms with Crippen molar-refractivity contribution in [3.63, 3.8) is 0 Å². The van der Waals surface area contributed by atoms with Crippen LogP contribution in [0.15, 0.2) is 78.9 Å². The second-order valence-electron chi connectivity index (χ2n) is 5.51. The van der Waals surface area contributed by atoms with E-state index in [0.717, 1.165) is 5.75 Å². The molecule has 2 N–H and O–H groups in total. The highest BCUT2D eigenvalue weighted by molar-refractivity contribution is 6.05. The van der Waals surface area contributed by atoms with E-state index in [1.165, 1.54) is 12.1 Å². The number of hydrogen-bond donors (Lipinski definition) is 2. The minimum Gasteiger partial charge on any atom is -0.508 e. The van der Waals surface area contributed by atoms with Crippen molar-refractivity contribution >= 4 is 11.6 Å². The van der Waals surface area contributed by atoms with Crippen LogP contribution in [0, 0.1) is 0 Å². The summed E-state index contributed by atoms with van der Waals surface area (Å²) in [6.07, 6.45) is 0. The summed E-state index contributed by atoms with van der Waals surface area (Å²) >= 11 is 0. The first-order valence-electron chi connectivity index (χ1n) is 8.22. The number of carbonyl (C=O) groups excluding carboxylic acids is 1. The monoisotopic (exact) mass is 349 g/mol. The highest BCUT2D eigenvalue weighted by Gasteiger charge is 2.11. The number of para-hydroxylation sites is 1. The number of nitrogens with one attached hydrogen (secondary N) is 1. The lowest BCUT2D eigenvalue weighted by Gasteiger charge is -2.13. The first-order chi connectivity index (χ1) is 12.7. The van der Waals surface area contributed by atoms with Gasteiger partial charge in [0.1, 0.15) is 30.5 Å². The van der Waals surface area contributed by atoms with Crippen molar-refractivity contribution < 1.29 is 19.4 Å². The molecule has 132 valence electrons. The lowest BCUT2D eigenvalue weighted by molar-refractivity contribution is 0.102. The van der Waals surface area contributed by atoms with Crippen molar-refractivity contribution in [2.45, 2.75) is 0 Å². The zero-order valence-electron chi connectivity index (χ0n) is 14.1. The lowest BCUT2D eigenvalue weighted by Crippen LogP contribution is -2.14. The van der Waals surface area contributed by atoms with Crippen LogP contribution in [0.2, 0.25) is 0 Å². The molecule has 0 aromatic heterocycles. The molecule has 0 aliphatic carbocycles. The Bertz CT molecular complexity index is 850. The number of phenols is 1. The molecule has 0 saturated carbocycles. The molecule has 5 nitrogen and oxygen atoms in total. The molecular weight excluding hydrogens is 330 g/mol. The van der Waals surface area contributed by atoms with Gasteiger partial charge in [0.05, 0.1) is 5.69 Å². The summed E-state index contributed by atoms with van der Waals surface area (Å²) in [7, 11) is 0. The van der Waals surface area contributed by atoms with Crippen LogP contribution in [0.1, 0.15) is 10.4 Å². The Kier molecular flexibility index (Phi) is 5.72. The maximum absolute atomic E-state index is 12.3. The summed E-state index contributed by atoms with van der Waals surface area (Å²) in [6.45, 7) is 0.658. The zero-order chi connectivity index (χ0) is 18.2. The maximum Gasteiger partial charge on any atom is 0.255 e. The van der Waals surface area contributed by atoms with Crippen molar-refractivity contribution in [1.29, 1.82) is 0 Å². The van der Waals surface area contributed by atoms with E-state index in [-0.39, 0.29) is 11.7 Å². The molecule has 3 aromatic carbocycles. The van der Waals surface area contributed by atoms with E-state index in [1.807, 2.05) is 36.4 Å². The van der Waals surface area contributed by atoms with Gasteiger partial charge in [-0.15, -0.1) is 0 Å². The van der Waals surface area contributed by atoms with Crippen molar-refractivity contribution in [2.24, 2.45) is 0 Å². The van der Waals surface area contributed by atoms with Crippen molar-refractivity contribution in [3.8, 4) is 17.2 Å². The van der Waals surface area contributed by atoms with E-state index in [0.29, 0.717) is 30.2 Å². The fourth-order valence-electron chi connectivity index (χ4n) is 2.35. The van der Waals surface area contributed by atoms with Gasteiger partial charge in [0.2, 0.25) is 0 Å². The molecule has 0 fully saturated rings. The first-order valence-corrected chi connectivity index (χ1v) is 8.22. The molecule has 0 bridgehead atoms. The van der Waals surface area contributed by atoms with E-state index in [2.05, 4.69) is 5.32 Å². The van der Waals surface area contributed by atoms with E-state index in [1.54, 1.807) is 30.3 Å². The molecule has 0 heterocycles. The Morgan fingerprint density at radius 1 is 0.846 bits per heavy atom. The SMILES string of the molecule is O=C(Nc1cc(O)ccc1OCCOc1ccccc1)c1ccccc1. The van der Waals surface area contributed by atoms with Gasteiger partial charge in [0.25, 0.3) is 5.91 Å². The van der Waals surface area contributed by atoms with E-state index in [9.17, 15) is 9.90 Å². The third-order valence-electron chi connectivity index (χ3n) is 3.60. The molecule has 5 heteroatoms. The predicted octanol–water partition coefficient (Wildman–Crippen LogP) is 4.10. The molecule has 0 spiro atoms. The Hall–Kier alpha value is -3.47. The molecule has 0 aliphatic heterocycles. The molecular formula is C21H19NO4. The second kappa shape index (κ2) is 8.58. The van der Waals surface area contributed by atoms with Gasteiger partial charge in [-0.3, -0.25) is 4.79 Å². The number of carbonyl (C=O) groups is 1. The highest BCUT2D eigenvalue weighted by Crippen LogP contribution is 2.29. The van der Waals surface area contributed by atoms with Gasteiger partial charge < -0.3 is 19.9 Å². The minimum atomic E-state index is -0.276. The van der Waals surface area contributed by atoms with Gasteiger partial charge in [0, 0.05) is 11.6 Å². The van der Waals surface area contributed by atoms with Gasteiger partial charge in [-0.05, 0) is 36.4 Å². The van der Waals surface area contributed by atoms with Gasteiger partial charge in [-0.1, -0.05) is 36.4 Å². The van der Waals surface area contributed by atoms with Crippen LogP contribution in [-0.4, -0.2) is 24.2 Å². The first kappa shape index (κ1) is 17.4. The number of aromatic hydroxyl groups is 1. The number of ether oxygens (including phenoxy) is 2. The quantitative estimate of drug-likeness (QED) is 0.630. The Labute approximate surface area is 151 Å². The van der Waals surface area contributed by atoms with E-state index in [4.69, 9.17) is 9.47 Å². The van der Waals surface area contributed by atoms with Crippen LogP contribution in [0.3, 0.4) is 0 Å². The molecule has 3 aromatic rings. The van der Waals surface area contributed by atoms with Gasteiger partial charge >= 0.3 is 0 Å². The summed E-state index contributed by atoms with van der Waals surface area (Å²) in [5.74, 6) is 0.992. The van der Waals surface area contributed by atoms with Crippen molar-refractivity contribution in [1.82, 2.24) is 0 Å². The number of phenolic OH excluding ortho intramolecular Hbond substituents is 1. The number of amides is 1. The molecule has 0 radical (unpaired) electrons. The molecule has 0 atom stereocenters. The van der Waals surface area contributed by atoms with Crippen LogP contribution in [-0.2, 0) is 0 Å². The molecule has 0 unspecified atom stereocenters. The summed E-state index contributed by atoms with van der Waals surface area (Å²) in [4.78, 5) is 12.3.